The molecule has 0 atom stereocenters. The van der Waals surface area contributed by atoms with E-state index >= 15 is 0 Å². The second-order valence-corrected chi connectivity index (χ2v) is 5.33. The van der Waals surface area contributed by atoms with Gasteiger partial charge in [0, 0.05) is 30.4 Å². The lowest BCUT2D eigenvalue weighted by atomic mass is 10.1. The molecule has 0 saturated carbocycles. The van der Waals surface area contributed by atoms with Crippen LogP contribution in [0.3, 0.4) is 0 Å². The normalized spacial score (nSPS) is 10.7. The molecule has 2 rings (SSSR count). The summed E-state index contributed by atoms with van der Waals surface area (Å²) in [5.74, 6) is 0.373. The first-order valence-corrected chi connectivity index (χ1v) is 6.85. The molecule has 0 aliphatic heterocycles. The quantitative estimate of drug-likeness (QED) is 0.906. The summed E-state index contributed by atoms with van der Waals surface area (Å²) in [6.45, 7) is 5.29. The molecule has 2 aromatic rings. The number of nitriles is 1. The van der Waals surface area contributed by atoms with E-state index in [2.05, 4.69) is 24.9 Å². The third-order valence-corrected chi connectivity index (χ3v) is 3.17. The van der Waals surface area contributed by atoms with Crippen molar-refractivity contribution in [2.75, 3.05) is 13.1 Å². The molecule has 104 valence electrons. The van der Waals surface area contributed by atoms with Gasteiger partial charge in [0.25, 0.3) is 5.91 Å². The Bertz CT molecular complexity index is 636. The number of carbonyl (C=O) groups excluding carboxylic acids is 1. The van der Waals surface area contributed by atoms with Crippen molar-refractivity contribution in [1.29, 1.82) is 5.26 Å². The zero-order valence-electron chi connectivity index (χ0n) is 11.9. The second-order valence-electron chi connectivity index (χ2n) is 5.33. The van der Waals surface area contributed by atoms with Crippen LogP contribution in [0.1, 0.15) is 30.6 Å². The molecule has 4 heteroatoms. The van der Waals surface area contributed by atoms with E-state index in [1.165, 1.54) is 0 Å². The zero-order valence-corrected chi connectivity index (χ0v) is 11.9. The average molecular weight is 269 g/mol. The van der Waals surface area contributed by atoms with Crippen LogP contribution < -0.4 is 0 Å². The Morgan fingerprint density at radius 3 is 2.90 bits per heavy atom. The van der Waals surface area contributed by atoms with Gasteiger partial charge in [-0.3, -0.25) is 4.79 Å². The van der Waals surface area contributed by atoms with E-state index in [1.54, 1.807) is 4.90 Å². The van der Waals surface area contributed by atoms with Crippen molar-refractivity contribution in [3.05, 3.63) is 36.0 Å². The van der Waals surface area contributed by atoms with Gasteiger partial charge in [-0.15, -0.1) is 0 Å². The van der Waals surface area contributed by atoms with Gasteiger partial charge in [-0.2, -0.15) is 5.26 Å². The number of hydrogen-bond acceptors (Lipinski definition) is 2. The number of nitrogens with one attached hydrogen (secondary N) is 1. The number of carbonyl (C=O) groups is 1. The summed E-state index contributed by atoms with van der Waals surface area (Å²) in [7, 11) is 0. The van der Waals surface area contributed by atoms with Gasteiger partial charge in [0.15, 0.2) is 0 Å². The summed E-state index contributed by atoms with van der Waals surface area (Å²) >= 11 is 0. The van der Waals surface area contributed by atoms with Crippen LogP contribution in [0.15, 0.2) is 30.5 Å². The van der Waals surface area contributed by atoms with Crippen molar-refractivity contribution in [3.63, 3.8) is 0 Å². The summed E-state index contributed by atoms with van der Waals surface area (Å²) < 4.78 is 0. The molecule has 4 nitrogen and oxygen atoms in total. The van der Waals surface area contributed by atoms with Crippen LogP contribution in [0.4, 0.5) is 0 Å². The van der Waals surface area contributed by atoms with Crippen molar-refractivity contribution >= 4 is 16.8 Å². The minimum atomic E-state index is -0.00884. The van der Waals surface area contributed by atoms with E-state index < -0.39 is 0 Å². The molecule has 0 radical (unpaired) electrons. The highest BCUT2D eigenvalue weighted by Crippen LogP contribution is 2.16. The minimum Gasteiger partial charge on any atom is -0.361 e. The van der Waals surface area contributed by atoms with Gasteiger partial charge >= 0.3 is 0 Å². The summed E-state index contributed by atoms with van der Waals surface area (Å²) in [6.07, 6.45) is 2.23. The van der Waals surface area contributed by atoms with Gasteiger partial charge in [-0.05, 0) is 29.5 Å². The molecular formula is C16H19N3O. The van der Waals surface area contributed by atoms with E-state index in [4.69, 9.17) is 5.26 Å². The summed E-state index contributed by atoms with van der Waals surface area (Å²) in [6, 6.07) is 9.74. The van der Waals surface area contributed by atoms with E-state index in [0.29, 0.717) is 31.0 Å². The van der Waals surface area contributed by atoms with Crippen LogP contribution in [0.5, 0.6) is 0 Å². The second kappa shape index (κ2) is 6.25. The Morgan fingerprint density at radius 2 is 2.20 bits per heavy atom. The predicted molar refractivity (Wildman–Crippen MR) is 79.3 cm³/mol. The van der Waals surface area contributed by atoms with Crippen LogP contribution in [0.25, 0.3) is 10.9 Å². The fourth-order valence-corrected chi connectivity index (χ4v) is 2.26. The number of benzene rings is 1. The molecule has 1 N–H and O–H groups in total. The molecule has 0 unspecified atom stereocenters. The molecule has 1 amide bonds. The van der Waals surface area contributed by atoms with Gasteiger partial charge in [0.1, 0.15) is 0 Å². The number of H-pyrrole nitrogens is 1. The molecular weight excluding hydrogens is 250 g/mol. The van der Waals surface area contributed by atoms with Crippen molar-refractivity contribution in [3.8, 4) is 6.07 Å². The number of aromatic nitrogens is 1. The summed E-state index contributed by atoms with van der Waals surface area (Å²) in [5, 5.41) is 9.81. The lowest BCUT2D eigenvalue weighted by Crippen LogP contribution is -2.35. The van der Waals surface area contributed by atoms with Crippen LogP contribution in [-0.4, -0.2) is 28.9 Å². The standard InChI is InChI=1S/C16H19N3O/c1-12(2)11-19(9-3-7-17)16(20)14-5-4-13-6-8-18-15(13)10-14/h4-6,8,10,12,18H,3,9,11H2,1-2H3. The van der Waals surface area contributed by atoms with Crippen LogP contribution in [-0.2, 0) is 0 Å². The number of rotatable bonds is 5. The number of aromatic amines is 1. The molecule has 20 heavy (non-hydrogen) atoms. The Balaban J connectivity index is 2.22. The van der Waals surface area contributed by atoms with Crippen molar-refractivity contribution in [1.82, 2.24) is 9.88 Å². The summed E-state index contributed by atoms with van der Waals surface area (Å²) in [5.41, 5.74) is 1.62. The fraction of sp³-hybridized carbons (Fsp3) is 0.375. The number of nitrogens with zero attached hydrogens (tertiary/aromatic N) is 2. The highest BCUT2D eigenvalue weighted by Gasteiger charge is 2.17. The van der Waals surface area contributed by atoms with Gasteiger partial charge in [0.2, 0.25) is 0 Å². The van der Waals surface area contributed by atoms with E-state index in [-0.39, 0.29) is 5.91 Å². The Kier molecular flexibility index (Phi) is 4.41. The lowest BCUT2D eigenvalue weighted by molar-refractivity contribution is 0.0740. The topological polar surface area (TPSA) is 59.9 Å². The SMILES string of the molecule is CC(C)CN(CCC#N)C(=O)c1ccc2cc[nH]c2c1. The lowest BCUT2D eigenvalue weighted by Gasteiger charge is -2.23. The maximum atomic E-state index is 12.6. The maximum Gasteiger partial charge on any atom is 0.253 e. The smallest absolute Gasteiger partial charge is 0.253 e. The number of amides is 1. The Hall–Kier alpha value is -2.28. The van der Waals surface area contributed by atoms with Crippen molar-refractivity contribution in [2.45, 2.75) is 20.3 Å². The molecule has 1 aromatic heterocycles. The van der Waals surface area contributed by atoms with Gasteiger partial charge < -0.3 is 9.88 Å². The first-order chi connectivity index (χ1) is 9.61. The van der Waals surface area contributed by atoms with E-state index in [1.807, 2.05) is 30.5 Å². The highest BCUT2D eigenvalue weighted by molar-refractivity contribution is 5.97. The third kappa shape index (κ3) is 3.18. The average Bonchev–Trinajstić information content (AvgIpc) is 2.89. The van der Waals surface area contributed by atoms with E-state index in [0.717, 1.165) is 10.9 Å². The highest BCUT2D eigenvalue weighted by atomic mass is 16.2. The van der Waals surface area contributed by atoms with Crippen molar-refractivity contribution < 1.29 is 4.79 Å². The van der Waals surface area contributed by atoms with Gasteiger partial charge in [-0.25, -0.2) is 0 Å². The van der Waals surface area contributed by atoms with Crippen molar-refractivity contribution in [2.24, 2.45) is 5.92 Å². The largest absolute Gasteiger partial charge is 0.361 e. The van der Waals surface area contributed by atoms with E-state index in [9.17, 15) is 4.79 Å². The molecule has 0 fully saturated rings. The Morgan fingerprint density at radius 1 is 1.40 bits per heavy atom. The maximum absolute atomic E-state index is 12.6. The zero-order chi connectivity index (χ0) is 14.5. The molecule has 0 aliphatic carbocycles. The molecule has 1 heterocycles. The third-order valence-electron chi connectivity index (χ3n) is 3.17. The molecule has 0 spiro atoms. The monoisotopic (exact) mass is 269 g/mol. The molecule has 1 aromatic carbocycles. The first kappa shape index (κ1) is 14.1. The fourth-order valence-electron chi connectivity index (χ4n) is 2.26. The van der Waals surface area contributed by atoms with Crippen LogP contribution in [0, 0.1) is 17.2 Å². The number of fused-ring (bicyclic) bond motifs is 1. The van der Waals surface area contributed by atoms with Gasteiger partial charge in [-0.1, -0.05) is 19.9 Å². The molecule has 0 saturated heterocycles. The molecule has 0 aliphatic rings. The minimum absolute atomic E-state index is 0.00884. The Labute approximate surface area is 119 Å². The van der Waals surface area contributed by atoms with Gasteiger partial charge in [0.05, 0.1) is 12.5 Å². The van der Waals surface area contributed by atoms with Crippen LogP contribution >= 0.6 is 0 Å². The summed E-state index contributed by atoms with van der Waals surface area (Å²) in [4.78, 5) is 17.4. The first-order valence-electron chi connectivity index (χ1n) is 6.85. The predicted octanol–water partition coefficient (Wildman–Crippen LogP) is 3.18. The van der Waals surface area contributed by atoms with Crippen LogP contribution in [0.2, 0.25) is 0 Å². The number of hydrogen-bond donors (Lipinski definition) is 1. The molecule has 0 bridgehead atoms.